The molecule has 0 saturated heterocycles. The van der Waals surface area contributed by atoms with Crippen LogP contribution in [0.15, 0.2) is 35.3 Å². The van der Waals surface area contributed by atoms with Gasteiger partial charge in [-0.25, -0.2) is 0 Å². The molecule has 112 valence electrons. The van der Waals surface area contributed by atoms with Crippen molar-refractivity contribution in [2.75, 3.05) is 26.0 Å². The predicted octanol–water partition coefficient (Wildman–Crippen LogP) is 0.875. The smallest absolute Gasteiger partial charge is 0.188 e. The summed E-state index contributed by atoms with van der Waals surface area (Å²) in [5.41, 5.74) is 6.81. The van der Waals surface area contributed by atoms with Crippen molar-refractivity contribution in [2.24, 2.45) is 10.7 Å². The highest BCUT2D eigenvalue weighted by molar-refractivity contribution is 7.84. The molecule has 5 nitrogen and oxygen atoms in total. The van der Waals surface area contributed by atoms with Crippen LogP contribution in [0, 0.1) is 0 Å². The van der Waals surface area contributed by atoms with Gasteiger partial charge in [0.25, 0.3) is 0 Å². The summed E-state index contributed by atoms with van der Waals surface area (Å²) in [6.45, 7) is 2.98. The summed E-state index contributed by atoms with van der Waals surface area (Å²) in [6.07, 6.45) is 0. The molecule has 20 heavy (non-hydrogen) atoms. The molecule has 1 aromatic carbocycles. The first kappa shape index (κ1) is 16.7. The fraction of sp³-hybridized carbons (Fsp3) is 0.500. The van der Waals surface area contributed by atoms with Crippen molar-refractivity contribution in [1.29, 1.82) is 0 Å². The lowest BCUT2D eigenvalue weighted by Gasteiger charge is -2.12. The van der Waals surface area contributed by atoms with Crippen LogP contribution in [0.5, 0.6) is 0 Å². The van der Waals surface area contributed by atoms with Crippen LogP contribution < -0.4 is 11.1 Å². The Hall–Kier alpha value is -1.40. The van der Waals surface area contributed by atoms with Gasteiger partial charge in [-0.2, -0.15) is 0 Å². The summed E-state index contributed by atoms with van der Waals surface area (Å²) < 4.78 is 16.9. The number of benzene rings is 1. The Morgan fingerprint density at radius 1 is 1.45 bits per heavy atom. The predicted molar refractivity (Wildman–Crippen MR) is 84.1 cm³/mol. The number of guanidine groups is 1. The number of hydrogen-bond donors (Lipinski definition) is 2. The highest BCUT2D eigenvalue weighted by Crippen LogP contribution is 2.02. The van der Waals surface area contributed by atoms with E-state index in [-0.39, 0.29) is 6.04 Å². The maximum absolute atomic E-state index is 11.9. The molecule has 1 rings (SSSR count). The van der Waals surface area contributed by atoms with Gasteiger partial charge in [0.2, 0.25) is 0 Å². The molecule has 2 atom stereocenters. The van der Waals surface area contributed by atoms with Crippen molar-refractivity contribution in [3.63, 3.8) is 0 Å². The molecule has 0 aliphatic rings. The van der Waals surface area contributed by atoms with E-state index in [0.29, 0.717) is 30.6 Å². The third kappa shape index (κ3) is 7.25. The highest BCUT2D eigenvalue weighted by Gasteiger charge is 2.03. The molecule has 6 heteroatoms. The second-order valence-corrected chi connectivity index (χ2v) is 6.12. The first-order chi connectivity index (χ1) is 9.61. The Kier molecular flexibility index (Phi) is 7.91. The Labute approximate surface area is 123 Å². The van der Waals surface area contributed by atoms with Gasteiger partial charge in [0.1, 0.15) is 0 Å². The normalized spacial score (nSPS) is 14.8. The first-order valence-electron chi connectivity index (χ1n) is 6.56. The van der Waals surface area contributed by atoms with Gasteiger partial charge in [-0.1, -0.05) is 30.3 Å². The summed E-state index contributed by atoms with van der Waals surface area (Å²) in [5.74, 6) is 1.44. The van der Waals surface area contributed by atoms with Crippen molar-refractivity contribution >= 4 is 16.8 Å². The molecule has 0 aliphatic heterocycles. The van der Waals surface area contributed by atoms with Gasteiger partial charge >= 0.3 is 0 Å². The van der Waals surface area contributed by atoms with Crippen LogP contribution in [-0.4, -0.2) is 42.2 Å². The maximum atomic E-state index is 11.9. The lowest BCUT2D eigenvalue weighted by molar-refractivity contribution is 0.179. The van der Waals surface area contributed by atoms with Crippen LogP contribution in [0.3, 0.4) is 0 Å². The SMILES string of the molecule is COCC(C)NC(N)=NCCS(=O)Cc1ccccc1. The zero-order valence-electron chi connectivity index (χ0n) is 12.0. The summed E-state index contributed by atoms with van der Waals surface area (Å²) in [5, 5.41) is 3.01. The molecule has 0 amide bonds. The molecule has 0 aliphatic carbocycles. The molecule has 0 heterocycles. The summed E-state index contributed by atoms with van der Waals surface area (Å²) >= 11 is 0. The fourth-order valence-electron chi connectivity index (χ4n) is 1.69. The Morgan fingerprint density at radius 2 is 2.15 bits per heavy atom. The number of methoxy groups -OCH3 is 1. The zero-order chi connectivity index (χ0) is 14.8. The second kappa shape index (κ2) is 9.50. The van der Waals surface area contributed by atoms with E-state index in [9.17, 15) is 4.21 Å². The van der Waals surface area contributed by atoms with E-state index in [2.05, 4.69) is 10.3 Å². The molecule has 3 N–H and O–H groups in total. The van der Waals surface area contributed by atoms with E-state index in [1.54, 1.807) is 7.11 Å². The highest BCUT2D eigenvalue weighted by atomic mass is 32.2. The largest absolute Gasteiger partial charge is 0.383 e. The molecular formula is C14H23N3O2S. The molecule has 0 saturated carbocycles. The standard InChI is InChI=1S/C14H23N3O2S/c1-12(10-19-2)17-14(15)16-8-9-20(18)11-13-6-4-3-5-7-13/h3-7,12H,8-11H2,1-2H3,(H3,15,16,17). The van der Waals surface area contributed by atoms with Crippen molar-refractivity contribution in [2.45, 2.75) is 18.7 Å². The molecule has 1 aromatic rings. The maximum Gasteiger partial charge on any atom is 0.188 e. The Bertz CT molecular complexity index is 437. The van der Waals surface area contributed by atoms with Crippen molar-refractivity contribution < 1.29 is 8.95 Å². The number of nitrogens with zero attached hydrogens (tertiary/aromatic N) is 1. The molecule has 2 unspecified atom stereocenters. The van der Waals surface area contributed by atoms with Gasteiger partial charge in [-0.05, 0) is 12.5 Å². The Balaban J connectivity index is 2.27. The molecule has 0 aromatic heterocycles. The monoisotopic (exact) mass is 297 g/mol. The molecular weight excluding hydrogens is 274 g/mol. The molecule has 0 bridgehead atoms. The average molecular weight is 297 g/mol. The fourth-order valence-corrected chi connectivity index (χ4v) is 2.69. The van der Waals surface area contributed by atoms with Crippen molar-refractivity contribution in [3.8, 4) is 0 Å². The van der Waals surface area contributed by atoms with Crippen molar-refractivity contribution in [3.05, 3.63) is 35.9 Å². The summed E-state index contributed by atoms with van der Waals surface area (Å²) in [6, 6.07) is 9.91. The van der Waals surface area contributed by atoms with Crippen LogP contribution in [0.2, 0.25) is 0 Å². The molecule has 0 fully saturated rings. The van der Waals surface area contributed by atoms with E-state index < -0.39 is 10.8 Å². The zero-order valence-corrected chi connectivity index (χ0v) is 12.9. The summed E-state index contributed by atoms with van der Waals surface area (Å²) in [7, 11) is 0.719. The number of aliphatic imine (C=N–C) groups is 1. The summed E-state index contributed by atoms with van der Waals surface area (Å²) in [4.78, 5) is 4.16. The number of nitrogens with two attached hydrogens (primary N) is 1. The van der Waals surface area contributed by atoms with Gasteiger partial charge in [0, 0.05) is 35.5 Å². The molecule has 0 spiro atoms. The number of rotatable bonds is 8. The van der Waals surface area contributed by atoms with E-state index in [1.165, 1.54) is 0 Å². The van der Waals surface area contributed by atoms with Crippen molar-refractivity contribution in [1.82, 2.24) is 5.32 Å². The first-order valence-corrected chi connectivity index (χ1v) is 8.05. The van der Waals surface area contributed by atoms with Crippen LogP contribution in [-0.2, 0) is 21.3 Å². The van der Waals surface area contributed by atoms with Crippen LogP contribution >= 0.6 is 0 Å². The van der Waals surface area contributed by atoms with E-state index in [4.69, 9.17) is 10.5 Å². The minimum Gasteiger partial charge on any atom is -0.383 e. The van der Waals surface area contributed by atoms with E-state index in [1.807, 2.05) is 37.3 Å². The third-order valence-corrected chi connectivity index (χ3v) is 3.88. The quantitative estimate of drug-likeness (QED) is 0.551. The van der Waals surface area contributed by atoms with E-state index >= 15 is 0 Å². The third-order valence-electron chi connectivity index (χ3n) is 2.58. The lowest BCUT2D eigenvalue weighted by Crippen LogP contribution is -2.40. The van der Waals surface area contributed by atoms with E-state index in [0.717, 1.165) is 5.56 Å². The second-order valence-electron chi connectivity index (χ2n) is 4.54. The van der Waals surface area contributed by atoms with Crippen LogP contribution in [0.4, 0.5) is 0 Å². The van der Waals surface area contributed by atoms with Crippen LogP contribution in [0.1, 0.15) is 12.5 Å². The van der Waals surface area contributed by atoms with Gasteiger partial charge in [-0.15, -0.1) is 0 Å². The van der Waals surface area contributed by atoms with Gasteiger partial charge in [0.15, 0.2) is 5.96 Å². The van der Waals surface area contributed by atoms with Gasteiger partial charge in [0.05, 0.1) is 13.2 Å². The van der Waals surface area contributed by atoms with Gasteiger partial charge in [-0.3, -0.25) is 9.20 Å². The minimum absolute atomic E-state index is 0.110. The lowest BCUT2D eigenvalue weighted by atomic mass is 10.2. The minimum atomic E-state index is -0.919. The molecule has 0 radical (unpaired) electrons. The van der Waals surface area contributed by atoms with Crippen LogP contribution in [0.25, 0.3) is 0 Å². The number of hydrogen-bond acceptors (Lipinski definition) is 3. The average Bonchev–Trinajstić information content (AvgIpc) is 2.39. The number of ether oxygens (including phenoxy) is 1. The number of nitrogens with one attached hydrogen (secondary N) is 1. The Morgan fingerprint density at radius 3 is 2.80 bits per heavy atom. The van der Waals surface area contributed by atoms with Gasteiger partial charge < -0.3 is 15.8 Å². The topological polar surface area (TPSA) is 76.7 Å².